The number of unbranched alkanes of at least 4 members (excludes halogenated alkanes) is 1. The van der Waals surface area contributed by atoms with Crippen LogP contribution < -0.4 is 5.32 Å². The Labute approximate surface area is 145 Å². The quantitative estimate of drug-likeness (QED) is 0.765. The van der Waals surface area contributed by atoms with Crippen molar-refractivity contribution in [2.45, 2.75) is 40.0 Å². The van der Waals surface area contributed by atoms with Crippen molar-refractivity contribution in [3.05, 3.63) is 32.6 Å². The van der Waals surface area contributed by atoms with E-state index in [0.717, 1.165) is 41.3 Å². The molecule has 0 aliphatic carbocycles. The molecule has 0 bridgehead atoms. The van der Waals surface area contributed by atoms with Gasteiger partial charge in [0.05, 0.1) is 18.0 Å². The highest BCUT2D eigenvalue weighted by molar-refractivity contribution is 7.14. The maximum atomic E-state index is 12.0. The molecule has 0 saturated heterocycles. The highest BCUT2D eigenvalue weighted by atomic mass is 32.1. The zero-order valence-electron chi connectivity index (χ0n) is 14.3. The topological polar surface area (TPSA) is 88.2 Å². The van der Waals surface area contributed by atoms with Crippen molar-refractivity contribution >= 4 is 29.4 Å². The van der Waals surface area contributed by atoms with Gasteiger partial charge in [-0.2, -0.15) is 0 Å². The third-order valence-electron chi connectivity index (χ3n) is 3.56. The molecule has 0 aromatic carbocycles. The number of aliphatic hydroxyl groups excluding tert-OH is 1. The molecule has 0 atom stereocenters. The molecule has 2 aromatic heterocycles. The van der Waals surface area contributed by atoms with Gasteiger partial charge in [-0.25, -0.2) is 4.98 Å². The number of carbonyl (C=O) groups is 1. The monoisotopic (exact) mass is 349 g/mol. The maximum absolute atomic E-state index is 12.0. The lowest BCUT2D eigenvalue weighted by atomic mass is 10.1. The first-order chi connectivity index (χ1) is 11.6. The lowest BCUT2D eigenvalue weighted by Crippen LogP contribution is -2.26. The minimum Gasteiger partial charge on any atom is -0.395 e. The smallest absolute Gasteiger partial charge is 0.263 e. The van der Waals surface area contributed by atoms with E-state index in [4.69, 9.17) is 9.63 Å². The van der Waals surface area contributed by atoms with Gasteiger partial charge in [0, 0.05) is 12.1 Å². The Balaban J connectivity index is 2.15. The first kappa shape index (κ1) is 18.4. The number of nitrogens with one attached hydrogen (secondary N) is 1. The zero-order valence-corrected chi connectivity index (χ0v) is 15.1. The number of hydrogen-bond donors (Lipinski definition) is 2. The second kappa shape index (κ2) is 8.75. The third-order valence-corrected chi connectivity index (χ3v) is 4.68. The van der Waals surface area contributed by atoms with Crippen LogP contribution in [0, 0.1) is 13.8 Å². The number of aryl methyl sites for hydroxylation is 3. The van der Waals surface area contributed by atoms with Gasteiger partial charge in [-0.15, -0.1) is 11.3 Å². The fraction of sp³-hybridized carbons (Fsp3) is 0.471. The number of amides is 1. The first-order valence-corrected chi connectivity index (χ1v) is 8.88. The van der Waals surface area contributed by atoms with Gasteiger partial charge in [0.15, 0.2) is 0 Å². The van der Waals surface area contributed by atoms with Crippen LogP contribution in [-0.2, 0) is 6.42 Å². The van der Waals surface area contributed by atoms with E-state index in [1.807, 2.05) is 19.1 Å². The molecule has 0 aliphatic heterocycles. The molecular weight excluding hydrogens is 326 g/mol. The van der Waals surface area contributed by atoms with Crippen LogP contribution >= 0.6 is 11.3 Å². The number of aliphatic hydroxyl groups is 1. The summed E-state index contributed by atoms with van der Waals surface area (Å²) < 4.78 is 5.29. The molecule has 130 valence electrons. The molecule has 0 aliphatic rings. The Hall–Kier alpha value is -1.99. The van der Waals surface area contributed by atoms with Crippen LogP contribution in [0.5, 0.6) is 0 Å². The highest BCUT2D eigenvalue weighted by Crippen LogP contribution is 2.23. The molecule has 24 heavy (non-hydrogen) atoms. The molecule has 2 aromatic rings. The van der Waals surface area contributed by atoms with Gasteiger partial charge in [0.1, 0.15) is 15.6 Å². The Morgan fingerprint density at radius 3 is 2.88 bits per heavy atom. The number of thiazole rings is 1. The molecule has 0 saturated carbocycles. The average molecular weight is 349 g/mol. The van der Waals surface area contributed by atoms with Gasteiger partial charge < -0.3 is 14.9 Å². The predicted molar refractivity (Wildman–Crippen MR) is 95.1 cm³/mol. The van der Waals surface area contributed by atoms with Crippen molar-refractivity contribution in [3.8, 4) is 0 Å². The van der Waals surface area contributed by atoms with Crippen molar-refractivity contribution in [2.75, 3.05) is 13.2 Å². The van der Waals surface area contributed by atoms with Gasteiger partial charge in [0.2, 0.25) is 0 Å². The van der Waals surface area contributed by atoms with E-state index in [2.05, 4.69) is 22.4 Å². The minimum atomic E-state index is -0.205. The number of nitrogens with zero attached hydrogens (tertiary/aromatic N) is 2. The average Bonchev–Trinajstić information content (AvgIpc) is 3.11. The summed E-state index contributed by atoms with van der Waals surface area (Å²) in [6, 6.07) is 0. The van der Waals surface area contributed by atoms with Crippen LogP contribution in [0.3, 0.4) is 0 Å². The molecule has 2 rings (SSSR count). The number of rotatable bonds is 8. The number of carbonyl (C=O) groups excluding carboxylic acids is 1. The SMILES string of the molecule is CCCCc1noc(C)c1/C=C\c1nc(C)c(C(=O)NCCO)s1. The molecule has 1 amide bonds. The normalized spacial score (nSPS) is 11.3. The Morgan fingerprint density at radius 2 is 2.17 bits per heavy atom. The maximum Gasteiger partial charge on any atom is 0.263 e. The molecule has 0 radical (unpaired) electrons. The highest BCUT2D eigenvalue weighted by Gasteiger charge is 2.14. The summed E-state index contributed by atoms with van der Waals surface area (Å²) in [5, 5.41) is 16.3. The van der Waals surface area contributed by atoms with Crippen LogP contribution in [0.25, 0.3) is 12.2 Å². The number of hydrogen-bond acceptors (Lipinski definition) is 6. The van der Waals surface area contributed by atoms with E-state index >= 15 is 0 Å². The molecule has 0 unspecified atom stereocenters. The second-order valence-electron chi connectivity index (χ2n) is 5.48. The summed E-state index contributed by atoms with van der Waals surface area (Å²) in [6.45, 7) is 6.00. The van der Waals surface area contributed by atoms with Crippen LogP contribution in [0.4, 0.5) is 0 Å². The van der Waals surface area contributed by atoms with Crippen LogP contribution in [0.2, 0.25) is 0 Å². The third kappa shape index (κ3) is 4.52. The van der Waals surface area contributed by atoms with Gasteiger partial charge in [-0.1, -0.05) is 18.5 Å². The van der Waals surface area contributed by atoms with Crippen LogP contribution in [0.15, 0.2) is 4.52 Å². The summed E-state index contributed by atoms with van der Waals surface area (Å²) in [5.41, 5.74) is 2.63. The van der Waals surface area contributed by atoms with E-state index < -0.39 is 0 Å². The molecule has 7 heteroatoms. The Bertz CT molecular complexity index is 719. The van der Waals surface area contributed by atoms with Crippen LogP contribution in [0.1, 0.15) is 57.2 Å². The molecule has 0 fully saturated rings. The zero-order chi connectivity index (χ0) is 17.5. The molecule has 2 heterocycles. The summed E-state index contributed by atoms with van der Waals surface area (Å²) in [7, 11) is 0. The fourth-order valence-electron chi connectivity index (χ4n) is 2.27. The van der Waals surface area contributed by atoms with Crippen molar-refractivity contribution in [2.24, 2.45) is 0 Å². The Kier molecular flexibility index (Phi) is 6.69. The summed E-state index contributed by atoms with van der Waals surface area (Å²) >= 11 is 1.33. The van der Waals surface area contributed by atoms with Crippen molar-refractivity contribution in [1.29, 1.82) is 0 Å². The molecule has 2 N–H and O–H groups in total. The fourth-order valence-corrected chi connectivity index (χ4v) is 3.15. The lowest BCUT2D eigenvalue weighted by molar-refractivity contribution is 0.0948. The van der Waals surface area contributed by atoms with Gasteiger partial charge in [-0.3, -0.25) is 4.79 Å². The van der Waals surface area contributed by atoms with Gasteiger partial charge in [-0.05, 0) is 38.8 Å². The van der Waals surface area contributed by atoms with Crippen molar-refractivity contribution in [1.82, 2.24) is 15.5 Å². The largest absolute Gasteiger partial charge is 0.395 e. The van der Waals surface area contributed by atoms with Gasteiger partial charge in [0.25, 0.3) is 5.91 Å². The minimum absolute atomic E-state index is 0.0797. The van der Waals surface area contributed by atoms with Crippen molar-refractivity contribution in [3.63, 3.8) is 0 Å². The van der Waals surface area contributed by atoms with E-state index in [-0.39, 0.29) is 19.1 Å². The molecular formula is C17H23N3O3S. The predicted octanol–water partition coefficient (Wildman–Crippen LogP) is 2.98. The number of aromatic nitrogens is 2. The van der Waals surface area contributed by atoms with E-state index in [0.29, 0.717) is 10.6 Å². The lowest BCUT2D eigenvalue weighted by Gasteiger charge is -1.99. The van der Waals surface area contributed by atoms with Crippen LogP contribution in [-0.4, -0.2) is 34.3 Å². The van der Waals surface area contributed by atoms with Gasteiger partial charge >= 0.3 is 0 Å². The van der Waals surface area contributed by atoms with E-state index in [1.54, 1.807) is 6.92 Å². The summed E-state index contributed by atoms with van der Waals surface area (Å²) in [5.74, 6) is 0.579. The van der Waals surface area contributed by atoms with Crippen molar-refractivity contribution < 1.29 is 14.4 Å². The molecule has 0 spiro atoms. The Morgan fingerprint density at radius 1 is 1.38 bits per heavy atom. The summed E-state index contributed by atoms with van der Waals surface area (Å²) in [6.07, 6.45) is 6.89. The first-order valence-electron chi connectivity index (χ1n) is 8.06. The standard InChI is InChI=1S/C17H23N3O3S/c1-4-5-6-14-13(12(3)23-20-14)7-8-15-19-11(2)16(24-15)17(22)18-9-10-21/h7-8,21H,4-6,9-10H2,1-3H3,(H,18,22)/b8-7-. The second-order valence-corrected chi connectivity index (χ2v) is 6.51. The van der Waals surface area contributed by atoms with E-state index in [1.165, 1.54) is 11.3 Å². The molecule has 6 nitrogen and oxygen atoms in total. The van der Waals surface area contributed by atoms with E-state index in [9.17, 15) is 4.79 Å². The summed E-state index contributed by atoms with van der Waals surface area (Å²) in [4.78, 5) is 17.0.